The van der Waals surface area contributed by atoms with Gasteiger partial charge in [-0.05, 0) is 38.8 Å². The normalized spacial score (nSPS) is 19.0. The lowest BCUT2D eigenvalue weighted by Gasteiger charge is -2.29. The molecule has 1 aliphatic rings. The Balaban J connectivity index is 1.70. The number of carbonyl (C=O) groups excluding carboxylic acids is 1. The molecule has 0 spiro atoms. The van der Waals surface area contributed by atoms with Gasteiger partial charge in [-0.25, -0.2) is 0 Å². The summed E-state index contributed by atoms with van der Waals surface area (Å²) in [7, 11) is 0. The maximum atomic E-state index is 13.1. The smallest absolute Gasteiger partial charge is 0.272 e. The summed E-state index contributed by atoms with van der Waals surface area (Å²) in [5, 5.41) is 4.42. The SMILES string of the molecule is CCn1nc(C)cc1C(=O)N1CCCN(Cc2ccccc2)CC1C. The van der Waals surface area contributed by atoms with Gasteiger partial charge in [-0.2, -0.15) is 5.10 Å². The Morgan fingerprint density at radius 2 is 2.00 bits per heavy atom. The van der Waals surface area contributed by atoms with Gasteiger partial charge in [-0.1, -0.05) is 30.3 Å². The lowest BCUT2D eigenvalue weighted by Crippen LogP contribution is -2.43. The van der Waals surface area contributed by atoms with Crippen molar-refractivity contribution in [2.75, 3.05) is 19.6 Å². The van der Waals surface area contributed by atoms with E-state index in [4.69, 9.17) is 0 Å². The van der Waals surface area contributed by atoms with Gasteiger partial charge in [-0.15, -0.1) is 0 Å². The lowest BCUT2D eigenvalue weighted by atomic mass is 10.2. The molecule has 2 heterocycles. The highest BCUT2D eigenvalue weighted by atomic mass is 16.2. The van der Waals surface area contributed by atoms with Crippen LogP contribution in [0.25, 0.3) is 0 Å². The minimum absolute atomic E-state index is 0.108. The second kappa shape index (κ2) is 7.83. The second-order valence-corrected chi connectivity index (χ2v) is 6.91. The third-order valence-electron chi connectivity index (χ3n) is 4.86. The topological polar surface area (TPSA) is 41.4 Å². The predicted octanol–water partition coefficient (Wildman–Crippen LogP) is 2.95. The highest BCUT2D eigenvalue weighted by molar-refractivity contribution is 5.93. The zero-order chi connectivity index (χ0) is 17.8. The maximum Gasteiger partial charge on any atom is 0.272 e. The van der Waals surface area contributed by atoms with E-state index in [1.54, 1.807) is 0 Å². The molecule has 25 heavy (non-hydrogen) atoms. The van der Waals surface area contributed by atoms with Gasteiger partial charge in [0.1, 0.15) is 5.69 Å². The fraction of sp³-hybridized carbons (Fsp3) is 0.500. The van der Waals surface area contributed by atoms with Crippen molar-refractivity contribution in [2.24, 2.45) is 0 Å². The molecule has 2 aromatic rings. The fourth-order valence-corrected chi connectivity index (χ4v) is 3.64. The molecule has 5 heteroatoms. The van der Waals surface area contributed by atoms with E-state index >= 15 is 0 Å². The van der Waals surface area contributed by atoms with Gasteiger partial charge < -0.3 is 4.90 Å². The summed E-state index contributed by atoms with van der Waals surface area (Å²) < 4.78 is 1.82. The molecule has 0 N–H and O–H groups in total. The molecule has 0 saturated carbocycles. The van der Waals surface area contributed by atoms with Gasteiger partial charge in [0.25, 0.3) is 5.91 Å². The molecule has 134 valence electrons. The monoisotopic (exact) mass is 340 g/mol. The molecule has 0 radical (unpaired) electrons. The summed E-state index contributed by atoms with van der Waals surface area (Å²) in [6, 6.07) is 12.7. The summed E-state index contributed by atoms with van der Waals surface area (Å²) in [4.78, 5) is 17.5. The predicted molar refractivity (Wildman–Crippen MR) is 99.5 cm³/mol. The first kappa shape index (κ1) is 17.7. The van der Waals surface area contributed by atoms with Gasteiger partial charge >= 0.3 is 0 Å². The first-order chi connectivity index (χ1) is 12.1. The van der Waals surface area contributed by atoms with Gasteiger partial charge in [0.15, 0.2) is 0 Å². The van der Waals surface area contributed by atoms with Crippen LogP contribution >= 0.6 is 0 Å². The molecule has 1 unspecified atom stereocenters. The average molecular weight is 340 g/mol. The molecular formula is C20H28N4O. The van der Waals surface area contributed by atoms with E-state index in [1.165, 1.54) is 5.56 Å². The van der Waals surface area contributed by atoms with Crippen LogP contribution in [0.15, 0.2) is 36.4 Å². The van der Waals surface area contributed by atoms with Crippen molar-refractivity contribution in [3.05, 3.63) is 53.3 Å². The first-order valence-corrected chi connectivity index (χ1v) is 9.20. The van der Waals surface area contributed by atoms with Crippen LogP contribution < -0.4 is 0 Å². The third-order valence-corrected chi connectivity index (χ3v) is 4.86. The Morgan fingerprint density at radius 3 is 2.72 bits per heavy atom. The third kappa shape index (κ3) is 4.10. The standard InChI is InChI=1S/C20H28N4O/c1-4-24-19(13-16(2)21-24)20(25)23-12-8-11-22(14-17(23)3)15-18-9-6-5-7-10-18/h5-7,9-10,13,17H,4,8,11-12,14-15H2,1-3H3. The van der Waals surface area contributed by atoms with Crippen LogP contribution in [0.2, 0.25) is 0 Å². The molecule has 0 aliphatic carbocycles. The number of hydrogen-bond donors (Lipinski definition) is 0. The number of rotatable bonds is 4. The number of nitrogens with zero attached hydrogens (tertiary/aromatic N) is 4. The summed E-state index contributed by atoms with van der Waals surface area (Å²) in [6.45, 7) is 10.5. The number of aryl methyl sites for hydroxylation is 2. The van der Waals surface area contributed by atoms with Crippen LogP contribution in [0.4, 0.5) is 0 Å². The van der Waals surface area contributed by atoms with Crippen LogP contribution in [0, 0.1) is 6.92 Å². The zero-order valence-corrected chi connectivity index (χ0v) is 15.5. The Hall–Kier alpha value is -2.14. The number of carbonyl (C=O) groups is 1. The minimum atomic E-state index is 0.108. The largest absolute Gasteiger partial charge is 0.333 e. The van der Waals surface area contributed by atoms with Gasteiger partial charge in [0.2, 0.25) is 0 Å². The van der Waals surface area contributed by atoms with Gasteiger partial charge in [-0.3, -0.25) is 14.4 Å². The van der Waals surface area contributed by atoms with E-state index < -0.39 is 0 Å². The molecule has 1 atom stereocenters. The molecule has 1 aromatic carbocycles. The summed E-state index contributed by atoms with van der Waals surface area (Å²) in [6.07, 6.45) is 1.00. The van der Waals surface area contributed by atoms with Crippen molar-refractivity contribution in [2.45, 2.75) is 46.3 Å². The molecular weight excluding hydrogens is 312 g/mol. The average Bonchev–Trinajstić information content (AvgIpc) is 2.89. The molecule has 1 saturated heterocycles. The van der Waals surface area contributed by atoms with E-state index in [0.717, 1.165) is 44.8 Å². The van der Waals surface area contributed by atoms with Gasteiger partial charge in [0, 0.05) is 38.8 Å². The van der Waals surface area contributed by atoms with E-state index in [-0.39, 0.29) is 11.9 Å². The molecule has 1 aromatic heterocycles. The van der Waals surface area contributed by atoms with Crippen LogP contribution in [0.1, 0.15) is 42.0 Å². The Kier molecular flexibility index (Phi) is 5.53. The van der Waals surface area contributed by atoms with E-state index in [1.807, 2.05) is 35.6 Å². The highest BCUT2D eigenvalue weighted by Gasteiger charge is 2.28. The number of benzene rings is 1. The molecule has 0 bridgehead atoms. The van der Waals surface area contributed by atoms with Crippen molar-refractivity contribution in [1.29, 1.82) is 0 Å². The minimum Gasteiger partial charge on any atom is -0.333 e. The number of hydrogen-bond acceptors (Lipinski definition) is 3. The summed E-state index contributed by atoms with van der Waals surface area (Å²) in [5.74, 6) is 0.108. The first-order valence-electron chi connectivity index (χ1n) is 9.20. The van der Waals surface area contributed by atoms with Crippen molar-refractivity contribution >= 4 is 5.91 Å². The van der Waals surface area contributed by atoms with E-state index in [9.17, 15) is 4.79 Å². The number of amides is 1. The van der Waals surface area contributed by atoms with Gasteiger partial charge in [0.05, 0.1) is 5.69 Å². The van der Waals surface area contributed by atoms with Crippen molar-refractivity contribution in [3.63, 3.8) is 0 Å². The Morgan fingerprint density at radius 1 is 1.24 bits per heavy atom. The molecule has 1 amide bonds. The van der Waals surface area contributed by atoms with Crippen LogP contribution in [0.5, 0.6) is 0 Å². The Labute approximate surface area is 150 Å². The second-order valence-electron chi connectivity index (χ2n) is 6.91. The van der Waals surface area contributed by atoms with E-state index in [0.29, 0.717) is 5.69 Å². The molecule has 3 rings (SSSR count). The molecule has 1 fully saturated rings. The zero-order valence-electron chi connectivity index (χ0n) is 15.5. The highest BCUT2D eigenvalue weighted by Crippen LogP contribution is 2.17. The molecule has 5 nitrogen and oxygen atoms in total. The van der Waals surface area contributed by atoms with E-state index in [2.05, 4.69) is 41.2 Å². The van der Waals surface area contributed by atoms with Crippen molar-refractivity contribution < 1.29 is 4.79 Å². The lowest BCUT2D eigenvalue weighted by molar-refractivity contribution is 0.0679. The quantitative estimate of drug-likeness (QED) is 0.859. The summed E-state index contributed by atoms with van der Waals surface area (Å²) >= 11 is 0. The van der Waals surface area contributed by atoms with Crippen LogP contribution in [-0.2, 0) is 13.1 Å². The maximum absolute atomic E-state index is 13.1. The van der Waals surface area contributed by atoms with Crippen LogP contribution in [0.3, 0.4) is 0 Å². The van der Waals surface area contributed by atoms with Crippen molar-refractivity contribution in [1.82, 2.24) is 19.6 Å². The fourth-order valence-electron chi connectivity index (χ4n) is 3.64. The van der Waals surface area contributed by atoms with Crippen LogP contribution in [-0.4, -0.2) is 51.2 Å². The molecule has 1 aliphatic heterocycles. The number of aromatic nitrogens is 2. The Bertz CT molecular complexity index is 710. The summed E-state index contributed by atoms with van der Waals surface area (Å²) in [5.41, 5.74) is 2.94. The van der Waals surface area contributed by atoms with Crippen molar-refractivity contribution in [3.8, 4) is 0 Å².